The number of allylic oxidation sites excluding steroid dienone is 1. The van der Waals surface area contributed by atoms with Crippen LogP contribution >= 0.6 is 22.9 Å². The molecule has 0 saturated carbocycles. The summed E-state index contributed by atoms with van der Waals surface area (Å²) in [7, 11) is 0. The average molecular weight is 423 g/mol. The van der Waals surface area contributed by atoms with E-state index in [1.165, 1.54) is 22.3 Å². The molecule has 1 unspecified atom stereocenters. The third-order valence-corrected chi connectivity index (χ3v) is 5.53. The van der Waals surface area contributed by atoms with Gasteiger partial charge in [0.05, 0.1) is 11.6 Å². The number of hydrogen-bond donors (Lipinski definition) is 1. The Morgan fingerprint density at radius 3 is 2.52 bits per heavy atom. The van der Waals surface area contributed by atoms with Crippen molar-refractivity contribution < 1.29 is 14.7 Å². The second-order valence-electron chi connectivity index (χ2n) is 6.31. The highest BCUT2D eigenvalue weighted by Gasteiger charge is 2.44. The van der Waals surface area contributed by atoms with E-state index in [0.29, 0.717) is 15.7 Å². The van der Waals surface area contributed by atoms with Gasteiger partial charge in [-0.15, -0.1) is 11.3 Å². The summed E-state index contributed by atoms with van der Waals surface area (Å²) in [4.78, 5) is 31.4. The van der Waals surface area contributed by atoms with E-state index in [2.05, 4.69) is 4.98 Å². The molecule has 0 spiro atoms. The maximum atomic E-state index is 13.0. The first-order valence-corrected chi connectivity index (χ1v) is 10.0. The minimum absolute atomic E-state index is 0.0136. The molecule has 1 atom stereocenters. The predicted octanol–water partition coefficient (Wildman–Crippen LogP) is 4.98. The lowest BCUT2D eigenvalue weighted by atomic mass is 9.96. The third kappa shape index (κ3) is 3.72. The normalized spacial score (nSPS) is 16.8. The molecule has 0 saturated heterocycles. The second-order valence-corrected chi connectivity index (χ2v) is 7.62. The lowest BCUT2D eigenvalue weighted by molar-refractivity contribution is -0.117. The van der Waals surface area contributed by atoms with Gasteiger partial charge >= 0.3 is 0 Å². The molecule has 1 amide bonds. The van der Waals surface area contributed by atoms with Crippen LogP contribution < -0.4 is 4.90 Å². The number of hydrogen-bond acceptors (Lipinski definition) is 5. The van der Waals surface area contributed by atoms with Crippen molar-refractivity contribution in [2.24, 2.45) is 0 Å². The van der Waals surface area contributed by atoms with Gasteiger partial charge in [-0.25, -0.2) is 4.98 Å². The number of amides is 1. The number of aromatic nitrogens is 1. The number of aliphatic hydroxyl groups excluding tert-OH is 1. The number of thiazole rings is 1. The number of benzene rings is 2. The predicted molar refractivity (Wildman–Crippen MR) is 114 cm³/mol. The number of halogens is 1. The van der Waals surface area contributed by atoms with Gasteiger partial charge in [0.25, 0.3) is 5.91 Å². The van der Waals surface area contributed by atoms with Crippen molar-refractivity contribution in [1.82, 2.24) is 4.98 Å². The van der Waals surface area contributed by atoms with E-state index in [1.807, 2.05) is 30.3 Å². The summed E-state index contributed by atoms with van der Waals surface area (Å²) in [5.74, 6) is -1.67. The van der Waals surface area contributed by atoms with Gasteiger partial charge in [0.2, 0.25) is 0 Å². The van der Waals surface area contributed by atoms with Crippen molar-refractivity contribution in [3.05, 3.63) is 99.7 Å². The molecule has 1 N–H and O–H groups in total. The van der Waals surface area contributed by atoms with Gasteiger partial charge in [-0.05, 0) is 29.3 Å². The molecule has 1 aromatic heterocycles. The van der Waals surface area contributed by atoms with Crippen LogP contribution in [0, 0.1) is 0 Å². The Labute approximate surface area is 176 Å². The van der Waals surface area contributed by atoms with Crippen LogP contribution in [-0.2, 0) is 9.59 Å². The maximum Gasteiger partial charge on any atom is 0.296 e. The van der Waals surface area contributed by atoms with Crippen molar-refractivity contribution in [1.29, 1.82) is 0 Å². The van der Waals surface area contributed by atoms with Crippen LogP contribution in [-0.4, -0.2) is 21.8 Å². The molecule has 3 aromatic rings. The first-order chi connectivity index (χ1) is 14.1. The van der Waals surface area contributed by atoms with Gasteiger partial charge in [0.15, 0.2) is 16.7 Å². The largest absolute Gasteiger partial charge is 0.503 e. The molecule has 2 aromatic carbocycles. The molecule has 0 radical (unpaired) electrons. The molecule has 144 valence electrons. The lowest BCUT2D eigenvalue weighted by Gasteiger charge is -2.24. The average Bonchev–Trinajstić information content (AvgIpc) is 3.35. The second kappa shape index (κ2) is 8.03. The molecule has 0 aliphatic carbocycles. The Morgan fingerprint density at radius 1 is 1.14 bits per heavy atom. The molecule has 5 nitrogen and oxygen atoms in total. The minimum Gasteiger partial charge on any atom is -0.503 e. The molecule has 1 aliphatic heterocycles. The molecule has 1 aliphatic rings. The summed E-state index contributed by atoms with van der Waals surface area (Å²) in [5.41, 5.74) is 1.50. The summed E-state index contributed by atoms with van der Waals surface area (Å²) in [6, 6.07) is 15.3. The van der Waals surface area contributed by atoms with Gasteiger partial charge in [0, 0.05) is 16.6 Å². The van der Waals surface area contributed by atoms with E-state index in [4.69, 9.17) is 11.6 Å². The van der Waals surface area contributed by atoms with E-state index in [0.717, 1.165) is 5.56 Å². The molecule has 2 heterocycles. The number of nitrogens with zero attached hydrogens (tertiary/aromatic N) is 2. The van der Waals surface area contributed by atoms with Crippen LogP contribution in [0.1, 0.15) is 17.2 Å². The van der Waals surface area contributed by atoms with Crippen molar-refractivity contribution in [3.63, 3.8) is 0 Å². The zero-order valence-corrected chi connectivity index (χ0v) is 16.6. The lowest BCUT2D eigenvalue weighted by Crippen LogP contribution is -2.30. The van der Waals surface area contributed by atoms with Crippen LogP contribution in [0.15, 0.2) is 83.6 Å². The monoisotopic (exact) mass is 422 g/mol. The van der Waals surface area contributed by atoms with E-state index in [-0.39, 0.29) is 5.57 Å². The first-order valence-electron chi connectivity index (χ1n) is 8.75. The molecule has 29 heavy (non-hydrogen) atoms. The SMILES string of the molecule is O=C(C=Cc1ccccc1)C1=C(O)C(=O)N(c2nccs2)C1c1ccc(Cl)cc1. The van der Waals surface area contributed by atoms with Crippen LogP contribution in [0.5, 0.6) is 0 Å². The fourth-order valence-electron chi connectivity index (χ4n) is 3.18. The molecule has 0 fully saturated rings. The summed E-state index contributed by atoms with van der Waals surface area (Å²) in [5, 5.41) is 13.2. The Kier molecular flexibility index (Phi) is 5.29. The Bertz CT molecular complexity index is 1110. The molecule has 7 heteroatoms. The van der Waals surface area contributed by atoms with Crippen molar-refractivity contribution in [2.75, 3.05) is 4.90 Å². The summed E-state index contributed by atoms with van der Waals surface area (Å²) < 4.78 is 0. The standard InChI is InChI=1S/C22H15ClN2O3S/c23-16-9-7-15(8-10-16)19-18(17(26)11-6-14-4-2-1-3-5-14)20(27)21(28)25(19)22-24-12-13-29-22/h1-13,19,27H. The quantitative estimate of drug-likeness (QED) is 0.589. The van der Waals surface area contributed by atoms with Crippen molar-refractivity contribution in [3.8, 4) is 0 Å². The zero-order chi connectivity index (χ0) is 20.4. The van der Waals surface area contributed by atoms with Gasteiger partial charge in [0.1, 0.15) is 0 Å². The zero-order valence-electron chi connectivity index (χ0n) is 15.0. The van der Waals surface area contributed by atoms with Gasteiger partial charge in [-0.3, -0.25) is 14.5 Å². The number of ketones is 1. The number of carbonyl (C=O) groups is 2. The third-order valence-electron chi connectivity index (χ3n) is 4.51. The fourth-order valence-corrected chi connectivity index (χ4v) is 3.97. The smallest absolute Gasteiger partial charge is 0.296 e. The topological polar surface area (TPSA) is 70.5 Å². The molecular formula is C22H15ClN2O3S. The number of aliphatic hydroxyl groups is 1. The Balaban J connectivity index is 1.77. The minimum atomic E-state index is -0.793. The van der Waals surface area contributed by atoms with Crippen LogP contribution in [0.3, 0.4) is 0 Å². The first kappa shape index (κ1) is 19.1. The molecule has 0 bridgehead atoms. The van der Waals surface area contributed by atoms with Crippen LogP contribution in [0.25, 0.3) is 6.08 Å². The highest BCUT2D eigenvalue weighted by molar-refractivity contribution is 7.13. The summed E-state index contributed by atoms with van der Waals surface area (Å²) in [6.45, 7) is 0. The highest BCUT2D eigenvalue weighted by Crippen LogP contribution is 2.41. The fraction of sp³-hybridized carbons (Fsp3) is 0.0455. The van der Waals surface area contributed by atoms with Crippen LogP contribution in [0.4, 0.5) is 5.13 Å². The highest BCUT2D eigenvalue weighted by atomic mass is 35.5. The number of carbonyl (C=O) groups excluding carboxylic acids is 2. The Morgan fingerprint density at radius 2 is 1.86 bits per heavy atom. The van der Waals surface area contributed by atoms with E-state index >= 15 is 0 Å². The van der Waals surface area contributed by atoms with Gasteiger partial charge in [-0.1, -0.05) is 60.1 Å². The van der Waals surface area contributed by atoms with E-state index in [9.17, 15) is 14.7 Å². The van der Waals surface area contributed by atoms with Crippen molar-refractivity contribution >= 4 is 45.8 Å². The Hall–Kier alpha value is -3.22. The van der Waals surface area contributed by atoms with E-state index in [1.54, 1.807) is 41.9 Å². The summed E-state index contributed by atoms with van der Waals surface area (Å²) >= 11 is 7.25. The van der Waals surface area contributed by atoms with Gasteiger partial charge in [-0.2, -0.15) is 0 Å². The molecule has 4 rings (SSSR count). The van der Waals surface area contributed by atoms with E-state index < -0.39 is 23.5 Å². The maximum absolute atomic E-state index is 13.0. The number of rotatable bonds is 5. The van der Waals surface area contributed by atoms with Crippen molar-refractivity contribution in [2.45, 2.75) is 6.04 Å². The number of anilines is 1. The van der Waals surface area contributed by atoms with Gasteiger partial charge < -0.3 is 5.11 Å². The molecular weight excluding hydrogens is 408 g/mol. The van der Waals surface area contributed by atoms with Crippen LogP contribution in [0.2, 0.25) is 5.02 Å². The summed E-state index contributed by atoms with van der Waals surface area (Å²) in [6.07, 6.45) is 4.58.